The van der Waals surface area contributed by atoms with Gasteiger partial charge in [0.15, 0.2) is 0 Å². The number of aromatic nitrogens is 2. The van der Waals surface area contributed by atoms with Crippen LogP contribution in [-0.2, 0) is 6.54 Å². The first-order chi connectivity index (χ1) is 11.1. The Morgan fingerprint density at radius 1 is 1.30 bits per heavy atom. The van der Waals surface area contributed by atoms with Crippen LogP contribution >= 0.6 is 11.3 Å². The minimum atomic E-state index is 0.708. The van der Waals surface area contributed by atoms with Crippen molar-refractivity contribution in [2.75, 3.05) is 7.05 Å². The number of rotatable bonds is 3. The van der Waals surface area contributed by atoms with E-state index in [-0.39, 0.29) is 0 Å². The van der Waals surface area contributed by atoms with Crippen LogP contribution in [0.1, 0.15) is 27.3 Å². The Balaban J connectivity index is 1.94. The lowest BCUT2D eigenvalue weighted by Gasteiger charge is -2.09. The van der Waals surface area contributed by atoms with Crippen LogP contribution in [-0.4, -0.2) is 22.9 Å². The maximum absolute atomic E-state index is 4.68. The molecule has 5 heteroatoms. The fourth-order valence-electron chi connectivity index (χ4n) is 2.79. The molecular formula is C18H20N4S. The highest BCUT2D eigenvalue weighted by Gasteiger charge is 2.16. The molecule has 0 fully saturated rings. The molecule has 3 rings (SSSR count). The number of thiophene rings is 1. The summed E-state index contributed by atoms with van der Waals surface area (Å²) in [6.07, 6.45) is 3.65. The van der Waals surface area contributed by atoms with Crippen molar-refractivity contribution in [3.05, 3.63) is 57.9 Å². The summed E-state index contributed by atoms with van der Waals surface area (Å²) in [4.78, 5) is 15.5. The minimum Gasteiger partial charge on any atom is -0.365 e. The molecule has 0 saturated carbocycles. The van der Waals surface area contributed by atoms with Crippen LogP contribution in [0, 0.1) is 20.8 Å². The number of nitrogens with one attached hydrogen (secondary N) is 1. The lowest BCUT2D eigenvalue weighted by atomic mass is 10.1. The lowest BCUT2D eigenvalue weighted by molar-refractivity contribution is 0.904. The first-order valence-corrected chi connectivity index (χ1v) is 8.39. The fourth-order valence-corrected chi connectivity index (χ4v) is 4.11. The predicted octanol–water partition coefficient (Wildman–Crippen LogP) is 3.78. The van der Waals surface area contributed by atoms with Crippen LogP contribution in [0.4, 0.5) is 0 Å². The van der Waals surface area contributed by atoms with Crippen molar-refractivity contribution < 1.29 is 0 Å². The topological polar surface area (TPSA) is 50.2 Å². The van der Waals surface area contributed by atoms with Gasteiger partial charge in [0.05, 0.1) is 4.88 Å². The van der Waals surface area contributed by atoms with E-state index in [4.69, 9.17) is 0 Å². The molecule has 3 aromatic rings. The normalized spacial score (nSPS) is 11.9. The van der Waals surface area contributed by atoms with Crippen molar-refractivity contribution in [3.8, 4) is 0 Å². The van der Waals surface area contributed by atoms with Crippen molar-refractivity contribution >= 4 is 27.4 Å². The highest BCUT2D eigenvalue weighted by Crippen LogP contribution is 2.32. The third kappa shape index (κ3) is 3.10. The van der Waals surface area contributed by atoms with Crippen molar-refractivity contribution in [2.45, 2.75) is 27.3 Å². The minimum absolute atomic E-state index is 0.708. The Morgan fingerprint density at radius 2 is 2.13 bits per heavy atom. The van der Waals surface area contributed by atoms with Gasteiger partial charge in [-0.1, -0.05) is 6.07 Å². The number of hydrogen-bond acceptors (Lipinski definition) is 4. The zero-order valence-corrected chi connectivity index (χ0v) is 14.7. The van der Waals surface area contributed by atoms with Crippen molar-refractivity contribution in [1.29, 1.82) is 0 Å². The van der Waals surface area contributed by atoms with Gasteiger partial charge in [-0.3, -0.25) is 9.98 Å². The molecular weight excluding hydrogens is 304 g/mol. The summed E-state index contributed by atoms with van der Waals surface area (Å²) in [6.45, 7) is 7.04. The third-order valence-electron chi connectivity index (χ3n) is 3.85. The van der Waals surface area contributed by atoms with Gasteiger partial charge in [0, 0.05) is 37.1 Å². The van der Waals surface area contributed by atoms with Gasteiger partial charge in [0.25, 0.3) is 0 Å². The van der Waals surface area contributed by atoms with E-state index < -0.39 is 0 Å². The van der Waals surface area contributed by atoms with E-state index in [2.05, 4.69) is 46.3 Å². The van der Waals surface area contributed by atoms with Crippen molar-refractivity contribution in [3.63, 3.8) is 0 Å². The molecule has 0 amide bonds. The molecule has 0 atom stereocenters. The second-order valence-electron chi connectivity index (χ2n) is 5.60. The highest BCUT2D eigenvalue weighted by molar-refractivity contribution is 7.20. The van der Waals surface area contributed by atoms with E-state index >= 15 is 0 Å². The molecule has 3 aromatic heterocycles. The van der Waals surface area contributed by atoms with Gasteiger partial charge < -0.3 is 5.32 Å². The number of aliphatic imine (C=N–C) groups is 1. The number of aryl methyl sites for hydroxylation is 3. The largest absolute Gasteiger partial charge is 0.365 e. The summed E-state index contributed by atoms with van der Waals surface area (Å²) in [5.41, 5.74) is 4.71. The molecule has 0 bridgehead atoms. The van der Waals surface area contributed by atoms with E-state index in [1.807, 2.05) is 26.2 Å². The first kappa shape index (κ1) is 15.6. The van der Waals surface area contributed by atoms with Gasteiger partial charge in [-0.25, -0.2) is 4.98 Å². The van der Waals surface area contributed by atoms with E-state index in [0.29, 0.717) is 6.54 Å². The monoisotopic (exact) mass is 324 g/mol. The number of amidine groups is 1. The molecule has 0 aliphatic heterocycles. The number of nitrogens with zero attached hydrogens (tertiary/aromatic N) is 3. The molecule has 3 heterocycles. The van der Waals surface area contributed by atoms with E-state index in [1.165, 1.54) is 16.5 Å². The molecule has 118 valence electrons. The number of hydrogen-bond donors (Lipinski definition) is 1. The molecule has 1 N–H and O–H groups in total. The van der Waals surface area contributed by atoms with E-state index in [9.17, 15) is 0 Å². The molecule has 0 aliphatic rings. The van der Waals surface area contributed by atoms with Crippen LogP contribution in [0.25, 0.3) is 10.2 Å². The van der Waals surface area contributed by atoms with Crippen LogP contribution in [0.3, 0.4) is 0 Å². The highest BCUT2D eigenvalue weighted by atomic mass is 32.1. The Kier molecular flexibility index (Phi) is 4.39. The van der Waals surface area contributed by atoms with E-state index in [0.717, 1.165) is 26.8 Å². The van der Waals surface area contributed by atoms with E-state index in [1.54, 1.807) is 17.5 Å². The Bertz CT molecular complexity index is 866. The summed E-state index contributed by atoms with van der Waals surface area (Å²) in [7, 11) is 1.82. The summed E-state index contributed by atoms with van der Waals surface area (Å²) >= 11 is 1.70. The van der Waals surface area contributed by atoms with Gasteiger partial charge in [-0.2, -0.15) is 0 Å². The van der Waals surface area contributed by atoms with Gasteiger partial charge in [-0.15, -0.1) is 11.3 Å². The number of pyridine rings is 2. The summed E-state index contributed by atoms with van der Waals surface area (Å²) in [6, 6.07) is 6.14. The molecule has 4 nitrogen and oxygen atoms in total. The van der Waals surface area contributed by atoms with Crippen LogP contribution in [0.2, 0.25) is 0 Å². The molecule has 0 spiro atoms. The molecule has 23 heavy (non-hydrogen) atoms. The fraction of sp³-hybridized carbons (Fsp3) is 0.278. The van der Waals surface area contributed by atoms with Gasteiger partial charge in [-0.05, 0) is 49.6 Å². The second-order valence-corrected chi connectivity index (χ2v) is 6.60. The van der Waals surface area contributed by atoms with Gasteiger partial charge >= 0.3 is 0 Å². The van der Waals surface area contributed by atoms with Crippen LogP contribution in [0.15, 0.2) is 35.6 Å². The summed E-state index contributed by atoms with van der Waals surface area (Å²) in [5, 5.41) is 4.68. The number of fused-ring (bicyclic) bond motifs is 1. The summed E-state index contributed by atoms with van der Waals surface area (Å²) in [5.74, 6) is 0.909. The van der Waals surface area contributed by atoms with Crippen LogP contribution < -0.4 is 5.32 Å². The average molecular weight is 324 g/mol. The predicted molar refractivity (Wildman–Crippen MR) is 97.4 cm³/mol. The maximum atomic E-state index is 4.68. The Hall–Kier alpha value is -2.27. The second kappa shape index (κ2) is 6.46. The standard InChI is InChI=1S/C18H20N4S/c1-11-8-12(2)22-18-15(11)13(3)16(23-18)17(19-4)21-10-14-6-5-7-20-9-14/h5-9H,10H2,1-4H3,(H,19,21). The quantitative estimate of drug-likeness (QED) is 0.589. The zero-order chi connectivity index (χ0) is 16.4. The average Bonchev–Trinajstić information content (AvgIpc) is 2.86. The maximum Gasteiger partial charge on any atom is 0.138 e. The van der Waals surface area contributed by atoms with Crippen molar-refractivity contribution in [1.82, 2.24) is 15.3 Å². The van der Waals surface area contributed by atoms with Gasteiger partial charge in [0.2, 0.25) is 0 Å². The first-order valence-electron chi connectivity index (χ1n) is 7.57. The molecule has 0 saturated heterocycles. The Labute approximate surface area is 140 Å². The Morgan fingerprint density at radius 3 is 2.83 bits per heavy atom. The molecule has 0 unspecified atom stereocenters. The van der Waals surface area contributed by atoms with Crippen molar-refractivity contribution in [2.24, 2.45) is 4.99 Å². The third-order valence-corrected chi connectivity index (χ3v) is 5.04. The lowest BCUT2D eigenvalue weighted by Crippen LogP contribution is -2.23. The zero-order valence-electron chi connectivity index (χ0n) is 13.8. The molecule has 0 radical (unpaired) electrons. The SMILES string of the molecule is CN=C(NCc1cccnc1)c1sc2nc(C)cc(C)c2c1C. The summed E-state index contributed by atoms with van der Waals surface area (Å²) < 4.78 is 0. The smallest absolute Gasteiger partial charge is 0.138 e. The molecule has 0 aliphatic carbocycles. The molecule has 0 aromatic carbocycles. The van der Waals surface area contributed by atoms with Crippen LogP contribution in [0.5, 0.6) is 0 Å². The van der Waals surface area contributed by atoms with Gasteiger partial charge in [0.1, 0.15) is 10.7 Å².